The second-order valence-corrected chi connectivity index (χ2v) is 3.49. The molecule has 0 spiro atoms. The van der Waals surface area contributed by atoms with Gasteiger partial charge in [0.1, 0.15) is 0 Å². The number of carbonyl (C=O) groups is 1. The smallest absolute Gasteiger partial charge is 0.412 e. The van der Waals surface area contributed by atoms with E-state index in [0.29, 0.717) is 19.0 Å². The first-order chi connectivity index (χ1) is 8.29. The molecule has 1 fully saturated rings. The number of morpholine rings is 1. The van der Waals surface area contributed by atoms with Gasteiger partial charge in [-0.1, -0.05) is 0 Å². The van der Waals surface area contributed by atoms with Crippen LogP contribution in [0.4, 0.5) is 16.4 Å². The minimum Gasteiger partial charge on any atom is -0.453 e. The lowest BCUT2D eigenvalue weighted by Crippen LogP contribution is -2.36. The summed E-state index contributed by atoms with van der Waals surface area (Å²) in [7, 11) is 1.30. The summed E-state index contributed by atoms with van der Waals surface area (Å²) in [6.45, 7) is 3.00. The fourth-order valence-electron chi connectivity index (χ4n) is 1.51. The zero-order chi connectivity index (χ0) is 12.1. The van der Waals surface area contributed by atoms with E-state index >= 15 is 0 Å². The third-order valence-electron chi connectivity index (χ3n) is 2.40. The Morgan fingerprint density at radius 3 is 2.76 bits per heavy atom. The van der Waals surface area contributed by atoms with Crippen molar-refractivity contribution >= 4 is 17.7 Å². The standard InChI is InChI=1S/C10H14N4O3/c1-16-10(15)11-8-2-3-9(13-12-8)14-4-6-17-7-5-14/h2-3H,4-7H2,1H3,(H,11,12,15). The number of hydrogen-bond donors (Lipinski definition) is 1. The predicted molar refractivity (Wildman–Crippen MR) is 61.1 cm³/mol. The summed E-state index contributed by atoms with van der Waals surface area (Å²) < 4.78 is 9.70. The van der Waals surface area contributed by atoms with E-state index < -0.39 is 6.09 Å². The number of rotatable bonds is 2. The average molecular weight is 238 g/mol. The molecule has 92 valence electrons. The van der Waals surface area contributed by atoms with E-state index in [-0.39, 0.29) is 0 Å². The molecular weight excluding hydrogens is 224 g/mol. The Morgan fingerprint density at radius 2 is 2.18 bits per heavy atom. The molecule has 0 aliphatic carbocycles. The molecule has 1 amide bonds. The Labute approximate surface area is 98.7 Å². The summed E-state index contributed by atoms with van der Waals surface area (Å²) in [6, 6.07) is 3.50. The Balaban J connectivity index is 1.99. The summed E-state index contributed by atoms with van der Waals surface area (Å²) in [4.78, 5) is 13.0. The van der Waals surface area contributed by atoms with Crippen LogP contribution in [0.1, 0.15) is 0 Å². The van der Waals surface area contributed by atoms with Crippen LogP contribution in [0.2, 0.25) is 0 Å². The molecule has 0 bridgehead atoms. The van der Waals surface area contributed by atoms with E-state index in [1.54, 1.807) is 6.07 Å². The van der Waals surface area contributed by atoms with Crippen molar-refractivity contribution in [1.29, 1.82) is 0 Å². The first kappa shape index (κ1) is 11.6. The molecule has 0 atom stereocenters. The van der Waals surface area contributed by atoms with Crippen LogP contribution in [-0.4, -0.2) is 49.7 Å². The molecular formula is C10H14N4O3. The lowest BCUT2D eigenvalue weighted by Gasteiger charge is -2.27. The molecule has 17 heavy (non-hydrogen) atoms. The third kappa shape index (κ3) is 3.04. The normalized spacial score (nSPS) is 15.5. The van der Waals surface area contributed by atoms with Gasteiger partial charge < -0.3 is 14.4 Å². The molecule has 1 aromatic rings. The van der Waals surface area contributed by atoms with Crippen LogP contribution in [0.25, 0.3) is 0 Å². The van der Waals surface area contributed by atoms with Crippen LogP contribution in [0, 0.1) is 0 Å². The van der Waals surface area contributed by atoms with E-state index in [0.717, 1.165) is 18.9 Å². The maximum absolute atomic E-state index is 10.9. The van der Waals surface area contributed by atoms with Gasteiger partial charge in [0.2, 0.25) is 0 Å². The van der Waals surface area contributed by atoms with Crippen molar-refractivity contribution in [3.05, 3.63) is 12.1 Å². The molecule has 0 aromatic carbocycles. The summed E-state index contributed by atoms with van der Waals surface area (Å²) in [5.41, 5.74) is 0. The highest BCUT2D eigenvalue weighted by Gasteiger charge is 2.12. The second kappa shape index (κ2) is 5.44. The number of anilines is 2. The largest absolute Gasteiger partial charge is 0.453 e. The van der Waals surface area contributed by atoms with Crippen molar-refractivity contribution in [3.63, 3.8) is 0 Å². The molecule has 7 heteroatoms. The Bertz CT molecular complexity index is 376. The summed E-state index contributed by atoms with van der Waals surface area (Å²) in [5, 5.41) is 10.4. The van der Waals surface area contributed by atoms with Crippen LogP contribution >= 0.6 is 0 Å². The number of ether oxygens (including phenoxy) is 2. The molecule has 1 aliphatic heterocycles. The number of nitrogens with one attached hydrogen (secondary N) is 1. The highest BCUT2D eigenvalue weighted by molar-refractivity contribution is 5.83. The van der Waals surface area contributed by atoms with Crippen molar-refractivity contribution in [3.8, 4) is 0 Å². The number of carbonyl (C=O) groups excluding carboxylic acids is 1. The van der Waals surface area contributed by atoms with Crippen molar-refractivity contribution in [2.24, 2.45) is 0 Å². The monoisotopic (exact) mass is 238 g/mol. The van der Waals surface area contributed by atoms with E-state index in [1.165, 1.54) is 7.11 Å². The van der Waals surface area contributed by atoms with Gasteiger partial charge in [0.25, 0.3) is 0 Å². The maximum Gasteiger partial charge on any atom is 0.412 e. The highest BCUT2D eigenvalue weighted by Crippen LogP contribution is 2.13. The highest BCUT2D eigenvalue weighted by atomic mass is 16.5. The van der Waals surface area contributed by atoms with Crippen molar-refractivity contribution in [2.75, 3.05) is 43.6 Å². The minimum atomic E-state index is -0.557. The Morgan fingerprint density at radius 1 is 1.41 bits per heavy atom. The molecule has 0 unspecified atom stereocenters. The summed E-state index contributed by atoms with van der Waals surface area (Å²) >= 11 is 0. The first-order valence-corrected chi connectivity index (χ1v) is 5.31. The van der Waals surface area contributed by atoms with Crippen LogP contribution in [-0.2, 0) is 9.47 Å². The van der Waals surface area contributed by atoms with E-state index in [4.69, 9.17) is 4.74 Å². The fraction of sp³-hybridized carbons (Fsp3) is 0.500. The zero-order valence-corrected chi connectivity index (χ0v) is 9.55. The number of nitrogens with zero attached hydrogens (tertiary/aromatic N) is 3. The molecule has 2 rings (SSSR count). The molecule has 2 heterocycles. The second-order valence-electron chi connectivity index (χ2n) is 3.49. The molecule has 0 saturated carbocycles. The van der Waals surface area contributed by atoms with Crippen LogP contribution in [0.15, 0.2) is 12.1 Å². The van der Waals surface area contributed by atoms with Crippen LogP contribution in [0.3, 0.4) is 0 Å². The lowest BCUT2D eigenvalue weighted by molar-refractivity contribution is 0.122. The summed E-state index contributed by atoms with van der Waals surface area (Å²) in [5.74, 6) is 1.15. The number of methoxy groups -OCH3 is 1. The number of amides is 1. The van der Waals surface area contributed by atoms with Gasteiger partial charge in [0.15, 0.2) is 11.6 Å². The molecule has 0 radical (unpaired) electrons. The van der Waals surface area contributed by atoms with Gasteiger partial charge in [-0.05, 0) is 12.1 Å². The van der Waals surface area contributed by atoms with Crippen molar-refractivity contribution in [1.82, 2.24) is 10.2 Å². The summed E-state index contributed by atoms with van der Waals surface area (Å²) in [6.07, 6.45) is -0.557. The SMILES string of the molecule is COC(=O)Nc1ccc(N2CCOCC2)nn1. The molecule has 1 aromatic heterocycles. The molecule has 7 nitrogen and oxygen atoms in total. The van der Waals surface area contributed by atoms with E-state index in [2.05, 4.69) is 25.2 Å². The lowest BCUT2D eigenvalue weighted by atomic mass is 10.4. The van der Waals surface area contributed by atoms with Gasteiger partial charge >= 0.3 is 6.09 Å². The van der Waals surface area contributed by atoms with Crippen molar-refractivity contribution < 1.29 is 14.3 Å². The molecule has 1 saturated heterocycles. The third-order valence-corrected chi connectivity index (χ3v) is 2.40. The molecule has 1 N–H and O–H groups in total. The first-order valence-electron chi connectivity index (χ1n) is 5.31. The zero-order valence-electron chi connectivity index (χ0n) is 9.55. The maximum atomic E-state index is 10.9. The van der Waals surface area contributed by atoms with Gasteiger partial charge in [0, 0.05) is 13.1 Å². The number of hydrogen-bond acceptors (Lipinski definition) is 6. The predicted octanol–water partition coefficient (Wildman–Crippen LogP) is 0.491. The van der Waals surface area contributed by atoms with Gasteiger partial charge in [-0.3, -0.25) is 5.32 Å². The van der Waals surface area contributed by atoms with Gasteiger partial charge in [0.05, 0.1) is 20.3 Å². The van der Waals surface area contributed by atoms with E-state index in [9.17, 15) is 4.79 Å². The van der Waals surface area contributed by atoms with Gasteiger partial charge in [-0.25, -0.2) is 4.79 Å². The van der Waals surface area contributed by atoms with Crippen molar-refractivity contribution in [2.45, 2.75) is 0 Å². The van der Waals surface area contributed by atoms with Gasteiger partial charge in [-0.2, -0.15) is 0 Å². The number of aromatic nitrogens is 2. The quantitative estimate of drug-likeness (QED) is 0.808. The van der Waals surface area contributed by atoms with Gasteiger partial charge in [-0.15, -0.1) is 10.2 Å². The van der Waals surface area contributed by atoms with Crippen LogP contribution < -0.4 is 10.2 Å². The van der Waals surface area contributed by atoms with E-state index in [1.807, 2.05) is 6.07 Å². The Hall–Kier alpha value is -1.89. The average Bonchev–Trinajstić information content (AvgIpc) is 2.40. The molecule has 1 aliphatic rings. The minimum absolute atomic E-state index is 0.369. The Kier molecular flexibility index (Phi) is 3.71. The topological polar surface area (TPSA) is 76.6 Å². The van der Waals surface area contributed by atoms with Crippen LogP contribution in [0.5, 0.6) is 0 Å². The fourth-order valence-corrected chi connectivity index (χ4v) is 1.51.